The maximum Gasteiger partial charge on any atom is 0.137 e. The van der Waals surface area contributed by atoms with Crippen LogP contribution in [0.5, 0.6) is 0 Å². The summed E-state index contributed by atoms with van der Waals surface area (Å²) < 4.78 is 29.5. The van der Waals surface area contributed by atoms with Gasteiger partial charge in [0.05, 0.1) is 11.0 Å². The molecule has 0 fully saturated rings. The fourth-order valence-corrected chi connectivity index (χ4v) is 19.1. The summed E-state index contributed by atoms with van der Waals surface area (Å²) in [6.45, 7) is 7.00. The second kappa shape index (κ2) is 28.0. The number of hydrogen-bond donors (Lipinski definition) is 2. The SMILES string of the molecule is CC1(c2cccc(N(c3ccc(-c4ccc5c(c4)c4cc(F)ccc4n5-c4ccccc4)cc3)c3ccc4c(c3)oc3ccccc34)c2)c2ccccc2-c2ccccc21.CC1(c2cccc(N)c2)c2ccccc2-c2ccccc21.CC1(c2cccc(Nc3ccc4c(c3)oc3ccccc34)c2)c2ccccc2-c2ccccc21.[B]. The Kier molecular flexibility index (Phi) is 17.1. The van der Waals surface area contributed by atoms with E-state index < -0.39 is 0 Å². The number of anilines is 6. The number of benzene rings is 17. The number of para-hydroxylation sites is 3. The van der Waals surface area contributed by atoms with Crippen LogP contribution < -0.4 is 16.0 Å². The lowest BCUT2D eigenvalue weighted by atomic mass is 9.74. The fourth-order valence-electron chi connectivity index (χ4n) is 19.1. The quantitative estimate of drug-likeness (QED) is 0.105. The molecule has 3 radical (unpaired) electrons. The highest BCUT2D eigenvalue weighted by Crippen LogP contribution is 2.56. The highest BCUT2D eigenvalue weighted by molar-refractivity contribution is 6.11. The molecular weight excluding hydrogens is 1420 g/mol. The summed E-state index contributed by atoms with van der Waals surface area (Å²) in [6, 6.07) is 139. The van der Waals surface area contributed by atoms with Gasteiger partial charge in [0.1, 0.15) is 28.1 Å². The van der Waals surface area contributed by atoms with Gasteiger partial charge >= 0.3 is 0 Å². The Bertz CT molecular complexity index is 7120. The van der Waals surface area contributed by atoms with Gasteiger partial charge < -0.3 is 29.4 Å². The number of furan rings is 2. The summed E-state index contributed by atoms with van der Waals surface area (Å²) in [4.78, 5) is 2.33. The molecule has 0 bridgehead atoms. The molecule has 23 rings (SSSR count). The smallest absolute Gasteiger partial charge is 0.137 e. The van der Waals surface area contributed by atoms with Crippen LogP contribution in [-0.4, -0.2) is 13.0 Å². The minimum Gasteiger partial charge on any atom is -0.456 e. The summed E-state index contributed by atoms with van der Waals surface area (Å²) in [5.74, 6) is -0.246. The van der Waals surface area contributed by atoms with E-state index in [2.05, 4.69) is 357 Å². The third-order valence-electron chi connectivity index (χ3n) is 24.7. The Balaban J connectivity index is 0.000000129. The second-order valence-corrected chi connectivity index (χ2v) is 31.1. The van der Waals surface area contributed by atoms with Gasteiger partial charge in [-0.25, -0.2) is 4.39 Å². The van der Waals surface area contributed by atoms with Crippen molar-refractivity contribution in [1.82, 2.24) is 4.57 Å². The third-order valence-corrected chi connectivity index (χ3v) is 24.7. The van der Waals surface area contributed by atoms with Crippen molar-refractivity contribution in [3.63, 3.8) is 0 Å². The molecule has 0 spiro atoms. The Labute approximate surface area is 675 Å². The molecule has 3 aliphatic carbocycles. The van der Waals surface area contributed by atoms with Gasteiger partial charge in [0.25, 0.3) is 0 Å². The van der Waals surface area contributed by atoms with Crippen molar-refractivity contribution in [2.45, 2.75) is 37.0 Å². The van der Waals surface area contributed by atoms with Crippen LogP contribution in [-0.2, 0) is 16.2 Å². The van der Waals surface area contributed by atoms with Crippen LogP contribution in [0, 0.1) is 5.82 Å². The molecule has 551 valence electrons. The van der Waals surface area contributed by atoms with Gasteiger partial charge in [-0.3, -0.25) is 0 Å². The predicted molar refractivity (Wildman–Crippen MR) is 480 cm³/mol. The first-order valence-corrected chi connectivity index (χ1v) is 39.4. The van der Waals surface area contributed by atoms with E-state index in [1.165, 1.54) is 83.5 Å². The molecule has 17 aromatic carbocycles. The Morgan fingerprint density at radius 2 is 0.690 bits per heavy atom. The zero-order valence-electron chi connectivity index (χ0n) is 64.3. The lowest BCUT2D eigenvalue weighted by molar-refractivity contribution is 0.629. The van der Waals surface area contributed by atoms with Crippen molar-refractivity contribution in [1.29, 1.82) is 0 Å². The monoisotopic (exact) mass is 1490 g/mol. The van der Waals surface area contributed by atoms with Crippen LogP contribution in [0.25, 0.3) is 116 Å². The van der Waals surface area contributed by atoms with Crippen molar-refractivity contribution >= 4 is 108 Å². The van der Waals surface area contributed by atoms with Crippen molar-refractivity contribution in [2.24, 2.45) is 0 Å². The molecule has 3 heterocycles. The average Bonchev–Trinajstić information content (AvgIpc) is 1.59. The predicted octanol–water partition coefficient (Wildman–Crippen LogP) is 28.2. The average molecular weight is 1490 g/mol. The minimum atomic E-state index is -0.341. The summed E-state index contributed by atoms with van der Waals surface area (Å²) in [5.41, 5.74) is 39.8. The molecule has 20 aromatic rings. The number of nitrogen functional groups attached to an aromatic ring is 1. The lowest BCUT2D eigenvalue weighted by Gasteiger charge is -2.31. The molecule has 3 aromatic heterocycles. The van der Waals surface area contributed by atoms with E-state index in [1.807, 2.05) is 60.7 Å². The van der Waals surface area contributed by atoms with Crippen molar-refractivity contribution in [3.8, 4) is 50.2 Å². The van der Waals surface area contributed by atoms with Crippen LogP contribution >= 0.6 is 0 Å². The van der Waals surface area contributed by atoms with Gasteiger partial charge in [-0.15, -0.1) is 0 Å². The van der Waals surface area contributed by atoms with E-state index in [1.54, 1.807) is 12.1 Å². The van der Waals surface area contributed by atoms with Gasteiger partial charge in [-0.2, -0.15) is 0 Å². The van der Waals surface area contributed by atoms with E-state index in [0.717, 1.165) is 117 Å². The number of aromatic nitrogens is 1. The summed E-state index contributed by atoms with van der Waals surface area (Å²) >= 11 is 0. The van der Waals surface area contributed by atoms with Crippen LogP contribution in [0.4, 0.5) is 38.5 Å². The molecule has 0 amide bonds. The summed E-state index contributed by atoms with van der Waals surface area (Å²) in [5, 5.41) is 10.00. The molecule has 6 nitrogen and oxygen atoms in total. The molecule has 0 saturated carbocycles. The van der Waals surface area contributed by atoms with Crippen molar-refractivity contribution in [2.75, 3.05) is 16.0 Å². The van der Waals surface area contributed by atoms with Gasteiger partial charge in [0.15, 0.2) is 0 Å². The normalized spacial score (nSPS) is 13.3. The molecule has 116 heavy (non-hydrogen) atoms. The molecule has 0 atom stereocenters. The largest absolute Gasteiger partial charge is 0.456 e. The molecule has 3 N–H and O–H groups in total. The zero-order valence-corrected chi connectivity index (χ0v) is 64.3. The van der Waals surface area contributed by atoms with Gasteiger partial charge in [0, 0.05) is 109 Å². The van der Waals surface area contributed by atoms with Crippen LogP contribution in [0.2, 0.25) is 0 Å². The van der Waals surface area contributed by atoms with Crippen LogP contribution in [0.1, 0.15) is 70.8 Å². The summed E-state index contributed by atoms with van der Waals surface area (Å²) in [6.07, 6.45) is 0. The topological polar surface area (TPSA) is 72.5 Å². The van der Waals surface area contributed by atoms with Crippen molar-refractivity contribution in [3.05, 3.63) is 450 Å². The van der Waals surface area contributed by atoms with Gasteiger partial charge in [0.2, 0.25) is 0 Å². The standard InChI is InChI=1S/C56H37FN2O.C32H23NO.C20H17N.B/c1-56(50-19-8-5-16-44(50)45-17-6-9-20-51(45)56)38-12-11-15-42(33-38)58(43-28-29-47-46-18-7-10-21-54(46)60-55(47)35-43)41-26-22-36(23-27-41)37-24-30-52-48(32-37)49-34-39(57)25-31-53(49)59(52)40-13-3-2-4-14-40;1-32(28-14-5-2-11-24(28)25-12-3-6-15-29(25)32)21-9-8-10-22(19-21)33-23-17-18-27-26-13-4-7-16-30(26)34-31(27)20-23;1-20(14-7-6-8-15(21)13-14)18-11-4-2-9-16(18)17-10-3-5-12-19(17)20;/h2-35H,1H3;2-20,33H,1H3;2-13H,21H2,1H3;. The maximum absolute atomic E-state index is 14.8. The zero-order chi connectivity index (χ0) is 77.1. The number of rotatable bonds is 10. The van der Waals surface area contributed by atoms with Crippen LogP contribution in [0.15, 0.2) is 403 Å². The number of hydrogen-bond acceptors (Lipinski definition) is 5. The molecular formula is C108H77BFN4O2. The Hall–Kier alpha value is -14.5. The van der Waals surface area contributed by atoms with E-state index in [-0.39, 0.29) is 30.5 Å². The highest BCUT2D eigenvalue weighted by atomic mass is 19.1. The van der Waals surface area contributed by atoms with E-state index >= 15 is 0 Å². The molecule has 0 saturated heterocycles. The molecule has 8 heteroatoms. The van der Waals surface area contributed by atoms with E-state index in [9.17, 15) is 4.39 Å². The van der Waals surface area contributed by atoms with Crippen LogP contribution in [0.3, 0.4) is 0 Å². The van der Waals surface area contributed by atoms with Crippen molar-refractivity contribution < 1.29 is 13.2 Å². The molecule has 0 unspecified atom stereocenters. The molecule has 0 aliphatic heterocycles. The first kappa shape index (κ1) is 70.6. The number of halogens is 1. The Morgan fingerprint density at radius 1 is 0.293 bits per heavy atom. The highest BCUT2D eigenvalue weighted by Gasteiger charge is 2.43. The van der Waals surface area contributed by atoms with E-state index in [4.69, 9.17) is 14.6 Å². The lowest BCUT2D eigenvalue weighted by Crippen LogP contribution is -2.23. The molecule has 3 aliphatic rings. The first-order valence-electron chi connectivity index (χ1n) is 39.4. The van der Waals surface area contributed by atoms with Gasteiger partial charge in [-0.1, -0.05) is 255 Å². The Morgan fingerprint density at radius 3 is 1.22 bits per heavy atom. The number of nitrogens with zero attached hydrogens (tertiary/aromatic N) is 2. The second-order valence-electron chi connectivity index (χ2n) is 31.1. The summed E-state index contributed by atoms with van der Waals surface area (Å²) in [7, 11) is 0. The number of nitrogens with two attached hydrogens (primary N) is 1. The fraction of sp³-hybridized carbons (Fsp3) is 0.0556. The third kappa shape index (κ3) is 11.4. The van der Waals surface area contributed by atoms with E-state index in [0.29, 0.717) is 0 Å². The number of fused-ring (bicyclic) bond motifs is 18. The van der Waals surface area contributed by atoms with Gasteiger partial charge in [-0.05, 0) is 243 Å². The number of nitrogens with one attached hydrogen (secondary N) is 1. The maximum atomic E-state index is 14.8. The first-order chi connectivity index (χ1) is 56.4. The minimum absolute atomic E-state index is 0.